The fraction of sp³-hybridized carbons (Fsp3) is 0.375. The SMILES string of the molecule is Cc1ccc(CN(C)c2ccnc(C3CC3)n2)cc1F. The Kier molecular flexibility index (Phi) is 3.38. The number of aromatic nitrogens is 2. The van der Waals surface area contributed by atoms with Gasteiger partial charge in [0.2, 0.25) is 0 Å². The Balaban J connectivity index is 1.76. The molecule has 1 heterocycles. The second-order valence-corrected chi connectivity index (χ2v) is 5.49. The first-order valence-corrected chi connectivity index (χ1v) is 6.92. The van der Waals surface area contributed by atoms with Crippen molar-refractivity contribution in [2.45, 2.75) is 32.2 Å². The Labute approximate surface area is 118 Å². The van der Waals surface area contributed by atoms with Gasteiger partial charge in [0.25, 0.3) is 0 Å². The third kappa shape index (κ3) is 2.79. The molecule has 1 aliphatic carbocycles. The van der Waals surface area contributed by atoms with Crippen LogP contribution in [0.15, 0.2) is 30.5 Å². The highest BCUT2D eigenvalue weighted by atomic mass is 19.1. The lowest BCUT2D eigenvalue weighted by Gasteiger charge is -2.18. The number of rotatable bonds is 4. The molecular formula is C16H18FN3. The van der Waals surface area contributed by atoms with E-state index in [1.165, 1.54) is 12.8 Å². The first-order valence-electron chi connectivity index (χ1n) is 6.92. The zero-order valence-corrected chi connectivity index (χ0v) is 11.8. The highest BCUT2D eigenvalue weighted by Gasteiger charge is 2.26. The molecule has 0 atom stereocenters. The molecule has 2 aromatic rings. The maximum absolute atomic E-state index is 13.6. The molecule has 3 rings (SSSR count). The number of anilines is 1. The summed E-state index contributed by atoms with van der Waals surface area (Å²) < 4.78 is 13.6. The van der Waals surface area contributed by atoms with Crippen LogP contribution in [0.4, 0.5) is 10.2 Å². The zero-order valence-electron chi connectivity index (χ0n) is 11.8. The lowest BCUT2D eigenvalue weighted by molar-refractivity contribution is 0.615. The van der Waals surface area contributed by atoms with Crippen LogP contribution in [-0.4, -0.2) is 17.0 Å². The Morgan fingerprint density at radius 3 is 2.80 bits per heavy atom. The van der Waals surface area contributed by atoms with Gasteiger partial charge in [0.15, 0.2) is 0 Å². The van der Waals surface area contributed by atoms with Crippen molar-refractivity contribution in [2.24, 2.45) is 0 Å². The third-order valence-electron chi connectivity index (χ3n) is 3.65. The maximum Gasteiger partial charge on any atom is 0.133 e. The molecule has 20 heavy (non-hydrogen) atoms. The van der Waals surface area contributed by atoms with Gasteiger partial charge in [-0.05, 0) is 43.0 Å². The highest BCUT2D eigenvalue weighted by molar-refractivity contribution is 5.38. The Bertz CT molecular complexity index is 623. The van der Waals surface area contributed by atoms with Gasteiger partial charge >= 0.3 is 0 Å². The van der Waals surface area contributed by atoms with E-state index in [9.17, 15) is 4.39 Å². The molecule has 1 aliphatic rings. The van der Waals surface area contributed by atoms with Crippen LogP contribution in [0.25, 0.3) is 0 Å². The Morgan fingerprint density at radius 2 is 2.10 bits per heavy atom. The minimum absolute atomic E-state index is 0.155. The quantitative estimate of drug-likeness (QED) is 0.853. The summed E-state index contributed by atoms with van der Waals surface area (Å²) in [5.74, 6) is 2.21. The summed E-state index contributed by atoms with van der Waals surface area (Å²) in [5.41, 5.74) is 1.62. The number of aryl methyl sites for hydroxylation is 1. The Morgan fingerprint density at radius 1 is 1.30 bits per heavy atom. The zero-order chi connectivity index (χ0) is 14.1. The van der Waals surface area contributed by atoms with Crippen molar-refractivity contribution < 1.29 is 4.39 Å². The molecular weight excluding hydrogens is 253 g/mol. The topological polar surface area (TPSA) is 29.0 Å². The molecule has 0 unspecified atom stereocenters. The fourth-order valence-corrected chi connectivity index (χ4v) is 2.20. The average molecular weight is 271 g/mol. The second-order valence-electron chi connectivity index (χ2n) is 5.49. The summed E-state index contributed by atoms with van der Waals surface area (Å²) >= 11 is 0. The van der Waals surface area contributed by atoms with Crippen LogP contribution >= 0.6 is 0 Å². The van der Waals surface area contributed by atoms with Gasteiger partial charge in [-0.25, -0.2) is 14.4 Å². The molecule has 1 saturated carbocycles. The van der Waals surface area contributed by atoms with Crippen molar-refractivity contribution in [1.29, 1.82) is 0 Å². The molecule has 0 aliphatic heterocycles. The van der Waals surface area contributed by atoms with E-state index in [4.69, 9.17) is 0 Å². The third-order valence-corrected chi connectivity index (χ3v) is 3.65. The average Bonchev–Trinajstić information content (AvgIpc) is 3.28. The van der Waals surface area contributed by atoms with Gasteiger partial charge in [-0.1, -0.05) is 12.1 Å². The number of nitrogens with zero attached hydrogens (tertiary/aromatic N) is 3. The number of halogens is 1. The lowest BCUT2D eigenvalue weighted by atomic mass is 10.1. The van der Waals surface area contributed by atoms with E-state index in [0.29, 0.717) is 18.0 Å². The van der Waals surface area contributed by atoms with Crippen LogP contribution in [0, 0.1) is 12.7 Å². The largest absolute Gasteiger partial charge is 0.355 e. The molecule has 104 valence electrons. The van der Waals surface area contributed by atoms with E-state index < -0.39 is 0 Å². The van der Waals surface area contributed by atoms with E-state index >= 15 is 0 Å². The van der Waals surface area contributed by atoms with E-state index in [2.05, 4.69) is 9.97 Å². The molecule has 1 aromatic carbocycles. The van der Waals surface area contributed by atoms with Crippen LogP contribution in [0.3, 0.4) is 0 Å². The molecule has 0 bridgehead atoms. The van der Waals surface area contributed by atoms with Crippen molar-refractivity contribution in [1.82, 2.24) is 9.97 Å². The molecule has 0 radical (unpaired) electrons. The van der Waals surface area contributed by atoms with Crippen molar-refractivity contribution in [3.8, 4) is 0 Å². The first kappa shape index (κ1) is 13.0. The summed E-state index contributed by atoms with van der Waals surface area (Å²) in [6.45, 7) is 2.41. The number of hydrogen-bond acceptors (Lipinski definition) is 3. The molecule has 1 aromatic heterocycles. The van der Waals surface area contributed by atoms with Gasteiger partial charge in [-0.2, -0.15) is 0 Å². The van der Waals surface area contributed by atoms with Crippen molar-refractivity contribution >= 4 is 5.82 Å². The smallest absolute Gasteiger partial charge is 0.133 e. The summed E-state index contributed by atoms with van der Waals surface area (Å²) in [6, 6.07) is 7.26. The summed E-state index contributed by atoms with van der Waals surface area (Å²) in [7, 11) is 1.97. The van der Waals surface area contributed by atoms with Crippen molar-refractivity contribution in [3.05, 3.63) is 53.2 Å². The standard InChI is InChI=1S/C16H18FN3/c1-11-3-4-12(9-14(11)17)10-20(2)15-7-8-18-16(19-15)13-5-6-13/h3-4,7-9,13H,5-6,10H2,1-2H3. The normalized spacial score (nSPS) is 14.3. The van der Waals surface area contributed by atoms with E-state index in [-0.39, 0.29) is 5.82 Å². The predicted molar refractivity (Wildman–Crippen MR) is 77.3 cm³/mol. The minimum atomic E-state index is -0.155. The molecule has 4 heteroatoms. The summed E-state index contributed by atoms with van der Waals surface area (Å²) in [6.07, 6.45) is 4.19. The van der Waals surface area contributed by atoms with Crippen LogP contribution in [-0.2, 0) is 6.54 Å². The van der Waals surface area contributed by atoms with E-state index in [0.717, 1.165) is 17.2 Å². The number of hydrogen-bond donors (Lipinski definition) is 0. The van der Waals surface area contributed by atoms with Gasteiger partial charge in [-0.15, -0.1) is 0 Å². The first-order chi connectivity index (χ1) is 9.63. The molecule has 1 fully saturated rings. The molecule has 0 spiro atoms. The van der Waals surface area contributed by atoms with Gasteiger partial charge in [0.1, 0.15) is 17.5 Å². The van der Waals surface area contributed by atoms with Crippen LogP contribution < -0.4 is 4.90 Å². The van der Waals surface area contributed by atoms with Crippen LogP contribution in [0.2, 0.25) is 0 Å². The molecule has 0 amide bonds. The maximum atomic E-state index is 13.6. The molecule has 0 saturated heterocycles. The second kappa shape index (κ2) is 5.19. The highest BCUT2D eigenvalue weighted by Crippen LogP contribution is 2.38. The molecule has 0 N–H and O–H groups in total. The van der Waals surface area contributed by atoms with Gasteiger partial charge in [-0.3, -0.25) is 0 Å². The fourth-order valence-electron chi connectivity index (χ4n) is 2.20. The summed E-state index contributed by atoms with van der Waals surface area (Å²) in [4.78, 5) is 10.9. The predicted octanol–water partition coefficient (Wildman–Crippen LogP) is 3.44. The minimum Gasteiger partial charge on any atom is -0.355 e. The Hall–Kier alpha value is -1.97. The van der Waals surface area contributed by atoms with E-state index in [1.54, 1.807) is 13.0 Å². The van der Waals surface area contributed by atoms with Crippen molar-refractivity contribution in [3.63, 3.8) is 0 Å². The van der Waals surface area contributed by atoms with E-state index in [1.807, 2.05) is 36.3 Å². The van der Waals surface area contributed by atoms with Crippen molar-refractivity contribution in [2.75, 3.05) is 11.9 Å². The summed E-state index contributed by atoms with van der Waals surface area (Å²) in [5, 5.41) is 0. The van der Waals surface area contributed by atoms with Crippen LogP contribution in [0.1, 0.15) is 35.7 Å². The lowest BCUT2D eigenvalue weighted by Crippen LogP contribution is -2.18. The molecule has 3 nitrogen and oxygen atoms in total. The number of benzene rings is 1. The van der Waals surface area contributed by atoms with Crippen LogP contribution in [0.5, 0.6) is 0 Å². The monoisotopic (exact) mass is 271 g/mol. The van der Waals surface area contributed by atoms with Gasteiger partial charge in [0.05, 0.1) is 0 Å². The van der Waals surface area contributed by atoms with Gasteiger partial charge < -0.3 is 4.90 Å². The van der Waals surface area contributed by atoms with Gasteiger partial charge in [0, 0.05) is 25.7 Å².